The summed E-state index contributed by atoms with van der Waals surface area (Å²) in [6.07, 6.45) is 5.02. The highest BCUT2D eigenvalue weighted by atomic mass is 32.2. The molecule has 116 valence electrons. The normalized spacial score (nSPS) is 10.5. The Kier molecular flexibility index (Phi) is 4.99. The van der Waals surface area contributed by atoms with Crippen molar-refractivity contribution >= 4 is 29.0 Å². The lowest BCUT2D eigenvalue weighted by Crippen LogP contribution is -2.26. The van der Waals surface area contributed by atoms with Crippen LogP contribution in [0.25, 0.3) is 0 Å². The molecule has 3 heterocycles. The molecule has 0 aliphatic heterocycles. The van der Waals surface area contributed by atoms with Crippen LogP contribution in [0.3, 0.4) is 0 Å². The zero-order chi connectivity index (χ0) is 16.1. The number of hydrogen-bond donors (Lipinski definition) is 0. The van der Waals surface area contributed by atoms with Crippen molar-refractivity contribution in [3.05, 3.63) is 64.9 Å². The predicted molar refractivity (Wildman–Crippen MR) is 90.5 cm³/mol. The summed E-state index contributed by atoms with van der Waals surface area (Å²) in [6, 6.07) is 9.38. The van der Waals surface area contributed by atoms with Crippen molar-refractivity contribution in [3.8, 4) is 0 Å². The van der Waals surface area contributed by atoms with Crippen LogP contribution in [0.4, 0.5) is 0 Å². The quantitative estimate of drug-likeness (QED) is 0.666. The van der Waals surface area contributed by atoms with E-state index >= 15 is 0 Å². The van der Waals surface area contributed by atoms with Gasteiger partial charge in [-0.15, -0.1) is 11.3 Å². The molecule has 1 amide bonds. The molecule has 0 bridgehead atoms. The highest BCUT2D eigenvalue weighted by molar-refractivity contribution is 7.99. The van der Waals surface area contributed by atoms with E-state index in [1.165, 1.54) is 11.8 Å². The first-order valence-corrected chi connectivity index (χ1v) is 8.61. The van der Waals surface area contributed by atoms with Crippen LogP contribution in [-0.4, -0.2) is 32.8 Å². The van der Waals surface area contributed by atoms with Crippen molar-refractivity contribution in [3.63, 3.8) is 0 Å². The summed E-state index contributed by atoms with van der Waals surface area (Å²) in [7, 11) is 1.78. The number of rotatable bonds is 5. The molecule has 7 heteroatoms. The zero-order valence-corrected chi connectivity index (χ0v) is 14.0. The van der Waals surface area contributed by atoms with Crippen LogP contribution < -0.4 is 0 Å². The van der Waals surface area contributed by atoms with E-state index in [9.17, 15) is 4.79 Å². The molecule has 0 aliphatic rings. The van der Waals surface area contributed by atoms with Gasteiger partial charge in [0.1, 0.15) is 5.69 Å². The van der Waals surface area contributed by atoms with Gasteiger partial charge in [0.05, 0.1) is 6.54 Å². The van der Waals surface area contributed by atoms with Crippen LogP contribution in [0.5, 0.6) is 0 Å². The molecule has 0 atom stereocenters. The molecule has 3 aromatic heterocycles. The number of carbonyl (C=O) groups excluding carboxylic acids is 1. The molecular weight excluding hydrogens is 328 g/mol. The van der Waals surface area contributed by atoms with Crippen LogP contribution >= 0.6 is 23.1 Å². The Morgan fingerprint density at radius 2 is 2.00 bits per heavy atom. The van der Waals surface area contributed by atoms with Crippen LogP contribution in [0, 0.1) is 0 Å². The van der Waals surface area contributed by atoms with E-state index in [0.717, 1.165) is 9.77 Å². The number of aromatic nitrogens is 3. The molecule has 0 saturated carbocycles. The fourth-order valence-electron chi connectivity index (χ4n) is 1.94. The first kappa shape index (κ1) is 15.6. The van der Waals surface area contributed by atoms with Crippen LogP contribution in [0.1, 0.15) is 15.4 Å². The van der Waals surface area contributed by atoms with Crippen LogP contribution in [-0.2, 0) is 6.54 Å². The standard InChI is InChI=1S/C16H14N4OS2/c1-20(11-13-4-2-9-22-13)15(21)14-10-12(5-8-17-14)23-16-18-6-3-7-19-16/h2-10H,11H2,1H3. The van der Waals surface area contributed by atoms with Crippen molar-refractivity contribution in [2.45, 2.75) is 16.6 Å². The van der Waals surface area contributed by atoms with Gasteiger partial charge in [-0.25, -0.2) is 9.97 Å². The lowest BCUT2D eigenvalue weighted by molar-refractivity contribution is 0.0780. The second kappa shape index (κ2) is 7.34. The van der Waals surface area contributed by atoms with Gasteiger partial charge in [-0.05, 0) is 41.4 Å². The van der Waals surface area contributed by atoms with Gasteiger partial charge >= 0.3 is 0 Å². The molecule has 0 unspecified atom stereocenters. The number of amides is 1. The van der Waals surface area contributed by atoms with Crippen molar-refractivity contribution in [1.29, 1.82) is 0 Å². The smallest absolute Gasteiger partial charge is 0.272 e. The van der Waals surface area contributed by atoms with Gasteiger partial charge < -0.3 is 4.90 Å². The van der Waals surface area contributed by atoms with E-state index < -0.39 is 0 Å². The Morgan fingerprint density at radius 1 is 1.17 bits per heavy atom. The third-order valence-electron chi connectivity index (χ3n) is 3.02. The maximum Gasteiger partial charge on any atom is 0.272 e. The third kappa shape index (κ3) is 4.14. The predicted octanol–water partition coefficient (Wildman–Crippen LogP) is 3.36. The number of thiophene rings is 1. The Balaban J connectivity index is 1.72. The summed E-state index contributed by atoms with van der Waals surface area (Å²) in [5, 5.41) is 2.65. The van der Waals surface area contributed by atoms with Crippen molar-refractivity contribution in [2.24, 2.45) is 0 Å². The van der Waals surface area contributed by atoms with Crippen LogP contribution in [0.15, 0.2) is 64.4 Å². The molecule has 0 N–H and O–H groups in total. The Hall–Kier alpha value is -2.25. The maximum absolute atomic E-state index is 12.5. The number of carbonyl (C=O) groups is 1. The Labute approximate surface area is 142 Å². The summed E-state index contributed by atoms with van der Waals surface area (Å²) in [6.45, 7) is 0.581. The Bertz CT molecular complexity index is 778. The second-order valence-electron chi connectivity index (χ2n) is 4.75. The van der Waals surface area contributed by atoms with E-state index in [1.54, 1.807) is 54.0 Å². The molecule has 0 radical (unpaired) electrons. The number of nitrogens with zero attached hydrogens (tertiary/aromatic N) is 4. The lowest BCUT2D eigenvalue weighted by atomic mass is 10.3. The van der Waals surface area contributed by atoms with Gasteiger partial charge in [-0.2, -0.15) is 0 Å². The van der Waals surface area contributed by atoms with Gasteiger partial charge in [0, 0.05) is 35.4 Å². The van der Waals surface area contributed by atoms with Crippen molar-refractivity contribution < 1.29 is 4.79 Å². The molecule has 3 rings (SSSR count). The topological polar surface area (TPSA) is 59.0 Å². The minimum Gasteiger partial charge on any atom is -0.335 e. The first-order chi connectivity index (χ1) is 11.2. The monoisotopic (exact) mass is 342 g/mol. The molecule has 0 spiro atoms. The second-order valence-corrected chi connectivity index (χ2v) is 6.82. The average molecular weight is 342 g/mol. The molecule has 0 saturated heterocycles. The fraction of sp³-hybridized carbons (Fsp3) is 0.125. The lowest BCUT2D eigenvalue weighted by Gasteiger charge is -2.15. The third-order valence-corrected chi connectivity index (χ3v) is 4.77. The first-order valence-electron chi connectivity index (χ1n) is 6.91. The average Bonchev–Trinajstić information content (AvgIpc) is 3.08. The summed E-state index contributed by atoms with van der Waals surface area (Å²) in [5.41, 5.74) is 0.421. The SMILES string of the molecule is CN(Cc1cccs1)C(=O)c1cc(Sc2ncccn2)ccn1. The molecule has 23 heavy (non-hydrogen) atoms. The van der Waals surface area contributed by atoms with Gasteiger partial charge in [0.15, 0.2) is 5.16 Å². The van der Waals surface area contributed by atoms with E-state index in [4.69, 9.17) is 0 Å². The maximum atomic E-state index is 12.5. The molecule has 0 aromatic carbocycles. The fourth-order valence-corrected chi connectivity index (χ4v) is 3.43. The molecule has 3 aromatic rings. The van der Waals surface area contributed by atoms with Crippen molar-refractivity contribution in [1.82, 2.24) is 19.9 Å². The Morgan fingerprint density at radius 3 is 2.74 bits per heavy atom. The van der Waals surface area contributed by atoms with Crippen molar-refractivity contribution in [2.75, 3.05) is 7.05 Å². The van der Waals surface area contributed by atoms with E-state index in [1.807, 2.05) is 23.6 Å². The molecule has 0 aliphatic carbocycles. The number of pyridine rings is 1. The van der Waals surface area contributed by atoms with E-state index in [-0.39, 0.29) is 5.91 Å². The summed E-state index contributed by atoms with van der Waals surface area (Å²) in [5.74, 6) is -0.102. The van der Waals surface area contributed by atoms with E-state index in [2.05, 4.69) is 15.0 Å². The van der Waals surface area contributed by atoms with Gasteiger partial charge in [0.25, 0.3) is 5.91 Å². The zero-order valence-electron chi connectivity index (χ0n) is 12.4. The minimum atomic E-state index is -0.102. The summed E-state index contributed by atoms with van der Waals surface area (Å²) in [4.78, 5) is 28.7. The van der Waals surface area contributed by atoms with Gasteiger partial charge in [-0.1, -0.05) is 6.07 Å². The van der Waals surface area contributed by atoms with Gasteiger partial charge in [-0.3, -0.25) is 9.78 Å². The number of hydrogen-bond acceptors (Lipinski definition) is 6. The molecule has 5 nitrogen and oxygen atoms in total. The minimum absolute atomic E-state index is 0.102. The summed E-state index contributed by atoms with van der Waals surface area (Å²) >= 11 is 3.04. The van der Waals surface area contributed by atoms with Crippen LogP contribution in [0.2, 0.25) is 0 Å². The highest BCUT2D eigenvalue weighted by Gasteiger charge is 2.15. The molecular formula is C16H14N4OS2. The van der Waals surface area contributed by atoms with Gasteiger partial charge in [0.2, 0.25) is 0 Å². The largest absolute Gasteiger partial charge is 0.335 e. The highest BCUT2D eigenvalue weighted by Crippen LogP contribution is 2.24. The van der Waals surface area contributed by atoms with E-state index in [0.29, 0.717) is 17.4 Å². The molecule has 0 fully saturated rings. The summed E-state index contributed by atoms with van der Waals surface area (Å²) < 4.78 is 0.